The minimum absolute atomic E-state index is 0.121. The fourth-order valence-electron chi connectivity index (χ4n) is 2.58. The molecule has 1 fully saturated rings. The molecule has 3 rings (SSSR count). The molecule has 1 aliphatic heterocycles. The van der Waals surface area contributed by atoms with Crippen LogP contribution < -0.4 is 0 Å². The van der Waals surface area contributed by atoms with Gasteiger partial charge in [-0.3, -0.25) is 9.59 Å². The molecule has 0 saturated carbocycles. The molecule has 0 spiro atoms. The molecule has 24 heavy (non-hydrogen) atoms. The molecule has 0 atom stereocenters. The first kappa shape index (κ1) is 16.0. The van der Waals surface area contributed by atoms with Crippen molar-refractivity contribution in [2.45, 2.75) is 0 Å². The zero-order valence-electron chi connectivity index (χ0n) is 13.0. The molecule has 2 amide bonds. The predicted molar refractivity (Wildman–Crippen MR) is 86.6 cm³/mol. The molecule has 0 radical (unpaired) electrons. The molecule has 1 aromatic heterocycles. The van der Waals surface area contributed by atoms with Crippen LogP contribution in [0.3, 0.4) is 0 Å². The normalized spacial score (nSPS) is 15.0. The molecule has 2 aromatic rings. The number of hydrogen-bond acceptors (Lipinski definition) is 3. The van der Waals surface area contributed by atoms with Gasteiger partial charge in [0.2, 0.25) is 5.91 Å². The largest absolute Gasteiger partial charge is 0.465 e. The summed E-state index contributed by atoms with van der Waals surface area (Å²) >= 11 is 0. The lowest BCUT2D eigenvalue weighted by Gasteiger charge is -2.34. The van der Waals surface area contributed by atoms with Crippen LogP contribution in [0, 0.1) is 5.82 Å². The third kappa shape index (κ3) is 3.71. The van der Waals surface area contributed by atoms with E-state index < -0.39 is 5.82 Å². The predicted octanol–water partition coefficient (Wildman–Crippen LogP) is 2.42. The van der Waals surface area contributed by atoms with Gasteiger partial charge >= 0.3 is 0 Å². The summed E-state index contributed by atoms with van der Waals surface area (Å²) in [5.74, 6) is -0.155. The van der Waals surface area contributed by atoms with E-state index in [-0.39, 0.29) is 11.8 Å². The van der Waals surface area contributed by atoms with Crippen LogP contribution in [0.4, 0.5) is 4.39 Å². The molecule has 5 nitrogen and oxygen atoms in total. The lowest BCUT2D eigenvalue weighted by molar-refractivity contribution is -0.127. The summed E-state index contributed by atoms with van der Waals surface area (Å²) in [5.41, 5.74) is 0.326. The van der Waals surface area contributed by atoms with Gasteiger partial charge in [0, 0.05) is 37.8 Å². The lowest BCUT2D eigenvalue weighted by atomic mass is 10.1. The number of halogens is 1. The van der Waals surface area contributed by atoms with Crippen molar-refractivity contribution < 1.29 is 18.4 Å². The van der Waals surface area contributed by atoms with Gasteiger partial charge in [-0.2, -0.15) is 0 Å². The van der Waals surface area contributed by atoms with Gasteiger partial charge in [-0.1, -0.05) is 6.07 Å². The maximum Gasteiger partial charge on any atom is 0.254 e. The van der Waals surface area contributed by atoms with Gasteiger partial charge < -0.3 is 14.2 Å². The van der Waals surface area contributed by atoms with Gasteiger partial charge in [-0.15, -0.1) is 0 Å². The fraction of sp³-hybridized carbons (Fsp3) is 0.222. The standard InChI is InChI=1S/C18H17FN2O3/c19-15-4-1-3-14(13-15)18(23)21-10-8-20(9-11-21)17(22)7-6-16-5-2-12-24-16/h1-7,12-13H,8-11H2/b7-6+. The number of carbonyl (C=O) groups excluding carboxylic acids is 2. The van der Waals surface area contributed by atoms with Gasteiger partial charge in [0.15, 0.2) is 0 Å². The zero-order valence-corrected chi connectivity index (χ0v) is 13.0. The smallest absolute Gasteiger partial charge is 0.254 e. The zero-order chi connectivity index (χ0) is 16.9. The molecule has 0 N–H and O–H groups in total. The number of furan rings is 1. The molecule has 1 aromatic carbocycles. The molecule has 124 valence electrons. The first-order valence-electron chi connectivity index (χ1n) is 7.69. The second-order valence-electron chi connectivity index (χ2n) is 5.48. The first-order chi connectivity index (χ1) is 11.6. The van der Waals surface area contributed by atoms with E-state index in [4.69, 9.17) is 4.42 Å². The third-order valence-corrected chi connectivity index (χ3v) is 3.88. The van der Waals surface area contributed by atoms with Crippen LogP contribution in [-0.2, 0) is 4.79 Å². The van der Waals surface area contributed by atoms with E-state index in [1.165, 1.54) is 24.3 Å². The number of piperazine rings is 1. The molecule has 1 aliphatic rings. The van der Waals surface area contributed by atoms with Gasteiger partial charge in [-0.25, -0.2) is 4.39 Å². The topological polar surface area (TPSA) is 53.8 Å². The van der Waals surface area contributed by atoms with E-state index in [9.17, 15) is 14.0 Å². The maximum atomic E-state index is 13.2. The molecule has 0 unspecified atom stereocenters. The minimum atomic E-state index is -0.433. The van der Waals surface area contributed by atoms with Crippen LogP contribution >= 0.6 is 0 Å². The van der Waals surface area contributed by atoms with Crippen LogP contribution in [0.1, 0.15) is 16.1 Å². The van der Waals surface area contributed by atoms with Crippen LogP contribution in [-0.4, -0.2) is 47.8 Å². The number of rotatable bonds is 3. The van der Waals surface area contributed by atoms with Crippen LogP contribution in [0.25, 0.3) is 6.08 Å². The molecule has 0 aliphatic carbocycles. The fourth-order valence-corrected chi connectivity index (χ4v) is 2.58. The van der Waals surface area contributed by atoms with Crippen molar-refractivity contribution in [3.63, 3.8) is 0 Å². The third-order valence-electron chi connectivity index (χ3n) is 3.88. The SMILES string of the molecule is O=C(/C=C/c1ccco1)N1CCN(C(=O)c2cccc(F)c2)CC1. The van der Waals surface area contributed by atoms with E-state index >= 15 is 0 Å². The highest BCUT2D eigenvalue weighted by Crippen LogP contribution is 2.11. The second-order valence-corrected chi connectivity index (χ2v) is 5.48. The average molecular weight is 328 g/mol. The highest BCUT2D eigenvalue weighted by atomic mass is 19.1. The van der Waals surface area contributed by atoms with Crippen molar-refractivity contribution in [1.82, 2.24) is 9.80 Å². The van der Waals surface area contributed by atoms with E-state index in [0.717, 1.165) is 0 Å². The number of nitrogens with zero attached hydrogens (tertiary/aromatic N) is 2. The summed E-state index contributed by atoms with van der Waals surface area (Å²) in [6.07, 6.45) is 4.62. The monoisotopic (exact) mass is 328 g/mol. The van der Waals surface area contributed by atoms with Crippen molar-refractivity contribution >= 4 is 17.9 Å². The number of hydrogen-bond donors (Lipinski definition) is 0. The second kappa shape index (κ2) is 7.12. The summed E-state index contributed by atoms with van der Waals surface area (Å²) in [4.78, 5) is 27.8. The minimum Gasteiger partial charge on any atom is -0.465 e. The highest BCUT2D eigenvalue weighted by molar-refractivity contribution is 5.95. The summed E-state index contributed by atoms with van der Waals surface area (Å²) in [7, 11) is 0. The first-order valence-corrected chi connectivity index (χ1v) is 7.69. The molecular formula is C18H17FN2O3. The van der Waals surface area contributed by atoms with Crippen molar-refractivity contribution in [2.75, 3.05) is 26.2 Å². The van der Waals surface area contributed by atoms with E-state index in [1.54, 1.807) is 40.3 Å². The molecule has 1 saturated heterocycles. The van der Waals surface area contributed by atoms with Crippen molar-refractivity contribution in [2.24, 2.45) is 0 Å². The summed E-state index contributed by atoms with van der Waals surface area (Å²) in [5, 5.41) is 0. The Labute approximate surface area is 139 Å². The van der Waals surface area contributed by atoms with Gasteiger partial charge in [-0.05, 0) is 36.4 Å². The molecule has 0 bridgehead atoms. The Morgan fingerprint density at radius 3 is 2.46 bits per heavy atom. The Hall–Kier alpha value is -2.89. The number of amides is 2. The summed E-state index contributed by atoms with van der Waals surface area (Å²) in [6, 6.07) is 9.15. The maximum absolute atomic E-state index is 13.2. The molecular weight excluding hydrogens is 311 g/mol. The van der Waals surface area contributed by atoms with E-state index in [0.29, 0.717) is 37.5 Å². The van der Waals surface area contributed by atoms with Crippen LogP contribution in [0.15, 0.2) is 53.2 Å². The number of carbonyl (C=O) groups is 2. The Morgan fingerprint density at radius 2 is 1.79 bits per heavy atom. The Kier molecular flexibility index (Phi) is 4.74. The van der Waals surface area contributed by atoms with Crippen molar-refractivity contribution in [3.05, 3.63) is 65.9 Å². The van der Waals surface area contributed by atoms with E-state index in [2.05, 4.69) is 0 Å². The van der Waals surface area contributed by atoms with E-state index in [1.807, 2.05) is 0 Å². The lowest BCUT2D eigenvalue weighted by Crippen LogP contribution is -2.50. The molecule has 6 heteroatoms. The quantitative estimate of drug-likeness (QED) is 0.813. The van der Waals surface area contributed by atoms with Crippen molar-refractivity contribution in [1.29, 1.82) is 0 Å². The van der Waals surface area contributed by atoms with Crippen molar-refractivity contribution in [3.8, 4) is 0 Å². The average Bonchev–Trinajstić information content (AvgIpc) is 3.13. The number of benzene rings is 1. The van der Waals surface area contributed by atoms with Gasteiger partial charge in [0.25, 0.3) is 5.91 Å². The Balaban J connectivity index is 1.55. The summed E-state index contributed by atoms with van der Waals surface area (Å²) in [6.45, 7) is 1.75. The highest BCUT2D eigenvalue weighted by Gasteiger charge is 2.24. The van der Waals surface area contributed by atoms with Gasteiger partial charge in [0.1, 0.15) is 11.6 Å². The van der Waals surface area contributed by atoms with Gasteiger partial charge in [0.05, 0.1) is 6.26 Å². The Bertz CT molecular complexity index is 747. The van der Waals surface area contributed by atoms with Crippen LogP contribution in [0.2, 0.25) is 0 Å². The Morgan fingerprint density at radius 1 is 1.04 bits per heavy atom. The van der Waals surface area contributed by atoms with Crippen LogP contribution in [0.5, 0.6) is 0 Å². The summed E-state index contributed by atoms with van der Waals surface area (Å²) < 4.78 is 18.4. The molecule has 2 heterocycles.